The molecule has 3 heteroatoms. The maximum Gasteiger partial charge on any atom is 0.0586 e. The smallest absolute Gasteiger partial charge is 0.0586 e. The summed E-state index contributed by atoms with van der Waals surface area (Å²) in [6.07, 6.45) is 4.57. The van der Waals surface area contributed by atoms with E-state index in [-0.39, 0.29) is 12.6 Å². The standard InChI is InChI=1S/C15H24N2O/c16-15(13-6-2-1-3-7-13)9-11-17-10-5-4-8-14(17)12-18/h1-3,6-7,14-15,18H,4-5,8-12,16H2. The van der Waals surface area contributed by atoms with Crippen molar-refractivity contribution >= 4 is 0 Å². The first kappa shape index (κ1) is 13.5. The second kappa shape index (κ2) is 6.88. The van der Waals surface area contributed by atoms with Gasteiger partial charge >= 0.3 is 0 Å². The molecule has 3 nitrogen and oxygen atoms in total. The Kier molecular flexibility index (Phi) is 5.17. The highest BCUT2D eigenvalue weighted by Gasteiger charge is 2.21. The van der Waals surface area contributed by atoms with Crippen LogP contribution in [0.1, 0.15) is 37.3 Å². The van der Waals surface area contributed by atoms with Crippen molar-refractivity contribution in [2.75, 3.05) is 19.7 Å². The summed E-state index contributed by atoms with van der Waals surface area (Å²) in [5.41, 5.74) is 7.41. The summed E-state index contributed by atoms with van der Waals surface area (Å²) in [5.74, 6) is 0. The van der Waals surface area contributed by atoms with E-state index in [1.54, 1.807) is 0 Å². The van der Waals surface area contributed by atoms with Gasteiger partial charge in [-0.25, -0.2) is 0 Å². The van der Waals surface area contributed by atoms with Gasteiger partial charge in [-0.1, -0.05) is 36.8 Å². The molecule has 0 radical (unpaired) electrons. The zero-order chi connectivity index (χ0) is 12.8. The number of benzene rings is 1. The van der Waals surface area contributed by atoms with Gasteiger partial charge in [-0.3, -0.25) is 4.90 Å². The van der Waals surface area contributed by atoms with Crippen LogP contribution >= 0.6 is 0 Å². The molecule has 0 saturated carbocycles. The van der Waals surface area contributed by atoms with Gasteiger partial charge in [0.25, 0.3) is 0 Å². The Balaban J connectivity index is 1.83. The highest BCUT2D eigenvalue weighted by atomic mass is 16.3. The molecular formula is C15H24N2O. The van der Waals surface area contributed by atoms with E-state index in [2.05, 4.69) is 17.0 Å². The summed E-state index contributed by atoms with van der Waals surface area (Å²) in [6.45, 7) is 2.37. The van der Waals surface area contributed by atoms with Crippen LogP contribution in [-0.2, 0) is 0 Å². The SMILES string of the molecule is NC(CCN1CCCCC1CO)c1ccccc1. The number of aliphatic hydroxyl groups is 1. The number of hydrogen-bond acceptors (Lipinski definition) is 3. The lowest BCUT2D eigenvalue weighted by molar-refractivity contribution is 0.0875. The number of aliphatic hydroxyl groups excluding tert-OH is 1. The van der Waals surface area contributed by atoms with Crippen molar-refractivity contribution in [1.29, 1.82) is 0 Å². The van der Waals surface area contributed by atoms with Gasteiger partial charge in [-0.2, -0.15) is 0 Å². The van der Waals surface area contributed by atoms with Crippen molar-refractivity contribution < 1.29 is 5.11 Å². The summed E-state index contributed by atoms with van der Waals surface area (Å²) >= 11 is 0. The number of nitrogens with zero attached hydrogens (tertiary/aromatic N) is 1. The van der Waals surface area contributed by atoms with Crippen LogP contribution in [0, 0.1) is 0 Å². The summed E-state index contributed by atoms with van der Waals surface area (Å²) < 4.78 is 0. The van der Waals surface area contributed by atoms with E-state index in [9.17, 15) is 5.11 Å². The van der Waals surface area contributed by atoms with Gasteiger partial charge in [0.2, 0.25) is 0 Å². The van der Waals surface area contributed by atoms with Gasteiger partial charge < -0.3 is 10.8 Å². The number of rotatable bonds is 5. The van der Waals surface area contributed by atoms with Crippen molar-refractivity contribution in [1.82, 2.24) is 4.90 Å². The first-order chi connectivity index (χ1) is 8.81. The zero-order valence-corrected chi connectivity index (χ0v) is 11.0. The molecule has 1 fully saturated rings. The average molecular weight is 248 g/mol. The molecule has 1 aliphatic rings. The van der Waals surface area contributed by atoms with Crippen molar-refractivity contribution in [3.8, 4) is 0 Å². The third-order valence-electron chi connectivity index (χ3n) is 3.91. The van der Waals surface area contributed by atoms with Crippen LogP contribution in [0.2, 0.25) is 0 Å². The second-order valence-electron chi connectivity index (χ2n) is 5.17. The first-order valence-corrected chi connectivity index (χ1v) is 6.96. The molecule has 2 unspecified atom stereocenters. The fourth-order valence-electron chi connectivity index (χ4n) is 2.73. The maximum absolute atomic E-state index is 9.37. The van der Waals surface area contributed by atoms with Gasteiger partial charge in [0.1, 0.15) is 0 Å². The third-order valence-corrected chi connectivity index (χ3v) is 3.91. The quantitative estimate of drug-likeness (QED) is 0.837. The first-order valence-electron chi connectivity index (χ1n) is 6.96. The van der Waals surface area contributed by atoms with Crippen LogP contribution in [0.5, 0.6) is 0 Å². The van der Waals surface area contributed by atoms with Gasteiger partial charge in [-0.05, 0) is 31.4 Å². The zero-order valence-electron chi connectivity index (χ0n) is 11.0. The Bertz CT molecular complexity index is 342. The topological polar surface area (TPSA) is 49.5 Å². The lowest BCUT2D eigenvalue weighted by Gasteiger charge is -2.35. The molecule has 0 bridgehead atoms. The van der Waals surface area contributed by atoms with Gasteiger partial charge in [0, 0.05) is 18.6 Å². The maximum atomic E-state index is 9.37. The van der Waals surface area contributed by atoms with Crippen LogP contribution < -0.4 is 5.73 Å². The Morgan fingerprint density at radius 3 is 2.78 bits per heavy atom. The second-order valence-corrected chi connectivity index (χ2v) is 5.17. The summed E-state index contributed by atoms with van der Waals surface area (Å²) in [5, 5.41) is 9.37. The predicted molar refractivity (Wildman–Crippen MR) is 74.3 cm³/mol. The molecular weight excluding hydrogens is 224 g/mol. The van der Waals surface area contributed by atoms with Crippen LogP contribution in [0.25, 0.3) is 0 Å². The Labute approximate surface area is 110 Å². The average Bonchev–Trinajstić information content (AvgIpc) is 2.46. The molecule has 18 heavy (non-hydrogen) atoms. The molecule has 2 rings (SSSR count). The number of hydrogen-bond donors (Lipinski definition) is 2. The van der Waals surface area contributed by atoms with E-state index in [1.165, 1.54) is 18.4 Å². The van der Waals surface area contributed by atoms with E-state index in [4.69, 9.17) is 5.73 Å². The number of likely N-dealkylation sites (tertiary alicyclic amines) is 1. The monoisotopic (exact) mass is 248 g/mol. The molecule has 2 atom stereocenters. The van der Waals surface area contributed by atoms with Crippen molar-refractivity contribution in [3.05, 3.63) is 35.9 Å². The lowest BCUT2D eigenvalue weighted by atomic mass is 10.0. The number of nitrogens with two attached hydrogens (primary N) is 1. The van der Waals surface area contributed by atoms with E-state index in [0.29, 0.717) is 6.04 Å². The van der Waals surface area contributed by atoms with Crippen LogP contribution in [0.4, 0.5) is 0 Å². The minimum Gasteiger partial charge on any atom is -0.395 e. The van der Waals surface area contributed by atoms with Gasteiger partial charge in [-0.15, -0.1) is 0 Å². The largest absolute Gasteiger partial charge is 0.395 e. The molecule has 1 aliphatic heterocycles. The fourth-order valence-corrected chi connectivity index (χ4v) is 2.73. The summed E-state index contributed by atoms with van der Waals surface area (Å²) in [7, 11) is 0. The molecule has 0 aliphatic carbocycles. The van der Waals surface area contributed by atoms with Crippen molar-refractivity contribution in [2.45, 2.75) is 37.8 Å². The van der Waals surface area contributed by atoms with E-state index in [1.807, 2.05) is 18.2 Å². The van der Waals surface area contributed by atoms with Crippen LogP contribution in [-0.4, -0.2) is 35.7 Å². The minimum atomic E-state index is 0.104. The highest BCUT2D eigenvalue weighted by Crippen LogP contribution is 2.19. The highest BCUT2D eigenvalue weighted by molar-refractivity contribution is 5.18. The molecule has 3 N–H and O–H groups in total. The normalized spacial score (nSPS) is 22.9. The van der Waals surface area contributed by atoms with Gasteiger partial charge in [0.05, 0.1) is 6.61 Å². The molecule has 0 amide bonds. The Hall–Kier alpha value is -0.900. The third kappa shape index (κ3) is 3.55. The predicted octanol–water partition coefficient (Wildman–Crippen LogP) is 1.92. The van der Waals surface area contributed by atoms with Crippen LogP contribution in [0.15, 0.2) is 30.3 Å². The molecule has 100 valence electrons. The molecule has 1 heterocycles. The molecule has 0 aromatic heterocycles. The Morgan fingerprint density at radius 2 is 2.06 bits per heavy atom. The van der Waals surface area contributed by atoms with Crippen molar-refractivity contribution in [2.24, 2.45) is 5.73 Å². The van der Waals surface area contributed by atoms with E-state index in [0.717, 1.165) is 25.9 Å². The molecule has 1 saturated heterocycles. The fraction of sp³-hybridized carbons (Fsp3) is 0.600. The van der Waals surface area contributed by atoms with E-state index >= 15 is 0 Å². The van der Waals surface area contributed by atoms with Crippen molar-refractivity contribution in [3.63, 3.8) is 0 Å². The number of piperidine rings is 1. The lowest BCUT2D eigenvalue weighted by Crippen LogP contribution is -2.42. The Morgan fingerprint density at radius 1 is 1.28 bits per heavy atom. The van der Waals surface area contributed by atoms with Crippen LogP contribution in [0.3, 0.4) is 0 Å². The molecule has 1 aromatic rings. The molecule has 1 aromatic carbocycles. The summed E-state index contributed by atoms with van der Waals surface area (Å²) in [6, 6.07) is 10.7. The minimum absolute atomic E-state index is 0.104. The summed E-state index contributed by atoms with van der Waals surface area (Å²) in [4.78, 5) is 2.40. The van der Waals surface area contributed by atoms with E-state index < -0.39 is 0 Å². The molecule has 0 spiro atoms. The van der Waals surface area contributed by atoms with Gasteiger partial charge in [0.15, 0.2) is 0 Å².